The number of hydrogen-bond donors (Lipinski definition) is 0. The molecule has 1 saturated heterocycles. The highest BCUT2D eigenvalue weighted by Crippen LogP contribution is 2.26. The molecule has 0 spiro atoms. The fourth-order valence-electron chi connectivity index (χ4n) is 3.66. The Morgan fingerprint density at radius 1 is 1.06 bits per heavy atom. The van der Waals surface area contributed by atoms with E-state index in [4.69, 9.17) is 9.47 Å². The second-order valence-electron chi connectivity index (χ2n) is 8.98. The van der Waals surface area contributed by atoms with Crippen molar-refractivity contribution in [2.24, 2.45) is 0 Å². The summed E-state index contributed by atoms with van der Waals surface area (Å²) in [5.74, 6) is 0. The topological polar surface area (TPSA) is 76.2 Å². The summed E-state index contributed by atoms with van der Waals surface area (Å²) in [6.07, 6.45) is 1.08. The molecule has 0 N–H and O–H groups in total. The Morgan fingerprint density at radius 3 is 2.24 bits per heavy atom. The lowest BCUT2D eigenvalue weighted by atomic mass is 10.1. The molecule has 178 valence electrons. The molecule has 2 atom stereocenters. The molecule has 0 aromatic heterocycles. The van der Waals surface area contributed by atoms with Gasteiger partial charge < -0.3 is 9.47 Å². The van der Waals surface area contributed by atoms with Crippen molar-refractivity contribution >= 4 is 16.1 Å². The maximum Gasteiger partial charge on any atom is 0.410 e. The van der Waals surface area contributed by atoms with Crippen molar-refractivity contribution in [1.29, 1.82) is 0 Å². The minimum atomic E-state index is -3.81. The van der Waals surface area contributed by atoms with Crippen molar-refractivity contribution in [2.45, 2.75) is 50.0 Å². The number of benzene rings is 2. The number of rotatable bonds is 7. The van der Waals surface area contributed by atoms with Crippen molar-refractivity contribution in [1.82, 2.24) is 9.21 Å². The van der Waals surface area contributed by atoms with Gasteiger partial charge in [-0.25, -0.2) is 13.2 Å². The van der Waals surface area contributed by atoms with Crippen LogP contribution in [0.5, 0.6) is 0 Å². The smallest absolute Gasteiger partial charge is 0.410 e. The molecule has 0 aliphatic carbocycles. The van der Waals surface area contributed by atoms with Crippen molar-refractivity contribution in [3.8, 4) is 0 Å². The van der Waals surface area contributed by atoms with Crippen molar-refractivity contribution in [2.75, 3.05) is 19.7 Å². The van der Waals surface area contributed by atoms with Gasteiger partial charge >= 0.3 is 6.09 Å². The Balaban J connectivity index is 1.86. The van der Waals surface area contributed by atoms with Gasteiger partial charge in [0.15, 0.2) is 0 Å². The van der Waals surface area contributed by atoms with Crippen molar-refractivity contribution in [3.05, 3.63) is 78.9 Å². The van der Waals surface area contributed by atoms with Crippen LogP contribution >= 0.6 is 0 Å². The van der Waals surface area contributed by atoms with E-state index < -0.39 is 33.8 Å². The molecule has 0 radical (unpaired) electrons. The summed E-state index contributed by atoms with van der Waals surface area (Å²) < 4.78 is 39.9. The summed E-state index contributed by atoms with van der Waals surface area (Å²) in [6.45, 7) is 9.89. The quantitative estimate of drug-likeness (QED) is 0.568. The van der Waals surface area contributed by atoms with Crippen LogP contribution in [0.25, 0.3) is 0 Å². The van der Waals surface area contributed by atoms with E-state index in [-0.39, 0.29) is 24.6 Å². The van der Waals surface area contributed by atoms with Crippen LogP contribution in [0.1, 0.15) is 26.3 Å². The van der Waals surface area contributed by atoms with Crippen LogP contribution < -0.4 is 0 Å². The van der Waals surface area contributed by atoms with Crippen molar-refractivity contribution < 1.29 is 22.7 Å². The second kappa shape index (κ2) is 10.5. The van der Waals surface area contributed by atoms with E-state index in [1.807, 2.05) is 30.3 Å². The number of hydrogen-bond acceptors (Lipinski definition) is 5. The number of piperazine rings is 1. The molecule has 3 rings (SSSR count). The number of nitrogens with zero attached hydrogens (tertiary/aromatic N) is 2. The first-order chi connectivity index (χ1) is 15.6. The second-order valence-corrected chi connectivity index (χ2v) is 10.9. The SMILES string of the molecule is C=C[C@@H]1CN(S(=O)(=O)c2ccccc2)[C@@H](COCc2ccccc2)CN1C(=O)OC(C)(C)C. The lowest BCUT2D eigenvalue weighted by Crippen LogP contribution is -2.62. The molecule has 2 aromatic carbocycles. The molecule has 2 aromatic rings. The molecule has 0 bridgehead atoms. The van der Waals surface area contributed by atoms with Crippen LogP contribution in [0, 0.1) is 0 Å². The van der Waals surface area contributed by atoms with Gasteiger partial charge in [-0.05, 0) is 38.5 Å². The van der Waals surface area contributed by atoms with Gasteiger partial charge in [-0.2, -0.15) is 4.31 Å². The van der Waals surface area contributed by atoms with Gasteiger partial charge in [0.1, 0.15) is 5.60 Å². The molecule has 0 unspecified atom stereocenters. The van der Waals surface area contributed by atoms with Gasteiger partial charge in [0.2, 0.25) is 10.0 Å². The molecule has 1 aliphatic heterocycles. The van der Waals surface area contributed by atoms with Crippen LogP contribution in [0.2, 0.25) is 0 Å². The van der Waals surface area contributed by atoms with Crippen LogP contribution in [0.15, 0.2) is 78.2 Å². The summed E-state index contributed by atoms with van der Waals surface area (Å²) in [7, 11) is -3.81. The lowest BCUT2D eigenvalue weighted by molar-refractivity contribution is -0.00953. The molecule has 1 fully saturated rings. The Morgan fingerprint density at radius 2 is 1.67 bits per heavy atom. The van der Waals surface area contributed by atoms with Crippen LogP contribution in [-0.4, -0.2) is 61.1 Å². The highest BCUT2D eigenvalue weighted by Gasteiger charge is 2.42. The van der Waals surface area contributed by atoms with E-state index in [0.29, 0.717) is 6.61 Å². The van der Waals surface area contributed by atoms with Gasteiger partial charge in [0.25, 0.3) is 0 Å². The number of sulfonamides is 1. The normalized spacial score (nSPS) is 19.8. The van der Waals surface area contributed by atoms with Gasteiger partial charge in [-0.15, -0.1) is 6.58 Å². The number of amides is 1. The first-order valence-corrected chi connectivity index (χ1v) is 12.4. The summed E-state index contributed by atoms with van der Waals surface area (Å²) in [4.78, 5) is 14.6. The van der Waals surface area contributed by atoms with Crippen LogP contribution in [0.3, 0.4) is 0 Å². The highest BCUT2D eigenvalue weighted by molar-refractivity contribution is 7.89. The Labute approximate surface area is 196 Å². The molecule has 1 amide bonds. The van der Waals surface area contributed by atoms with E-state index in [2.05, 4.69) is 6.58 Å². The molecule has 33 heavy (non-hydrogen) atoms. The maximum absolute atomic E-state index is 13.5. The zero-order valence-electron chi connectivity index (χ0n) is 19.4. The summed E-state index contributed by atoms with van der Waals surface area (Å²) in [6, 6.07) is 16.8. The molecule has 1 heterocycles. The molecule has 7 nitrogen and oxygen atoms in total. The molecular weight excluding hydrogens is 440 g/mol. The third-order valence-electron chi connectivity index (χ3n) is 5.25. The Hall–Kier alpha value is -2.68. The minimum Gasteiger partial charge on any atom is -0.444 e. The average molecular weight is 473 g/mol. The van der Waals surface area contributed by atoms with Gasteiger partial charge in [0, 0.05) is 13.1 Å². The number of ether oxygens (including phenoxy) is 2. The molecule has 8 heteroatoms. The van der Waals surface area contributed by atoms with Gasteiger partial charge in [-0.1, -0.05) is 54.6 Å². The molecular formula is C25H32N2O5S. The Bertz CT molecular complexity index is 1040. The van der Waals surface area contributed by atoms with Gasteiger partial charge in [0.05, 0.1) is 30.2 Å². The third-order valence-corrected chi connectivity index (χ3v) is 7.19. The first-order valence-electron chi connectivity index (χ1n) is 10.9. The third kappa shape index (κ3) is 6.43. The summed E-state index contributed by atoms with van der Waals surface area (Å²) in [5.41, 5.74) is 0.314. The maximum atomic E-state index is 13.5. The van der Waals surface area contributed by atoms with E-state index in [1.165, 1.54) is 9.21 Å². The monoisotopic (exact) mass is 472 g/mol. The largest absolute Gasteiger partial charge is 0.444 e. The predicted octanol–water partition coefficient (Wildman–Crippen LogP) is 4.07. The fourth-order valence-corrected chi connectivity index (χ4v) is 5.30. The summed E-state index contributed by atoms with van der Waals surface area (Å²) >= 11 is 0. The summed E-state index contributed by atoms with van der Waals surface area (Å²) in [5, 5.41) is 0. The van der Waals surface area contributed by atoms with E-state index in [9.17, 15) is 13.2 Å². The van der Waals surface area contributed by atoms with E-state index >= 15 is 0 Å². The van der Waals surface area contributed by atoms with E-state index in [1.54, 1.807) is 57.2 Å². The standard InChI is InChI=1S/C25H32N2O5S/c1-5-21-17-27(33(29,30)23-14-10-7-11-15-23)22(16-26(21)24(28)32-25(2,3)4)19-31-18-20-12-8-6-9-13-20/h5-15,21-22H,1,16-19H2,2-4H3/t21-,22-/m1/s1. The zero-order chi connectivity index (χ0) is 24.1. The van der Waals surface area contributed by atoms with Crippen LogP contribution in [-0.2, 0) is 26.1 Å². The fraction of sp³-hybridized carbons (Fsp3) is 0.400. The Kier molecular flexibility index (Phi) is 7.94. The number of carbonyl (C=O) groups excluding carboxylic acids is 1. The van der Waals surface area contributed by atoms with E-state index in [0.717, 1.165) is 5.56 Å². The molecule has 1 aliphatic rings. The average Bonchev–Trinajstić information content (AvgIpc) is 2.78. The predicted molar refractivity (Wildman–Crippen MR) is 127 cm³/mol. The lowest BCUT2D eigenvalue weighted by Gasteiger charge is -2.44. The zero-order valence-corrected chi connectivity index (χ0v) is 20.2. The van der Waals surface area contributed by atoms with Crippen LogP contribution in [0.4, 0.5) is 4.79 Å². The first kappa shape index (κ1) is 25.0. The molecule has 0 saturated carbocycles. The van der Waals surface area contributed by atoms with Gasteiger partial charge in [-0.3, -0.25) is 4.90 Å². The minimum absolute atomic E-state index is 0.0688. The highest BCUT2D eigenvalue weighted by atomic mass is 32.2. The number of carbonyl (C=O) groups is 1. The van der Waals surface area contributed by atoms with Crippen molar-refractivity contribution in [3.63, 3.8) is 0 Å².